The van der Waals surface area contributed by atoms with Crippen LogP contribution in [0.3, 0.4) is 0 Å². The minimum atomic E-state index is -2.01. The van der Waals surface area contributed by atoms with E-state index in [1.54, 1.807) is 6.33 Å². The normalized spacial score (nSPS) is 20.2. The molecule has 32 heavy (non-hydrogen) atoms. The van der Waals surface area contributed by atoms with Crippen molar-refractivity contribution in [2.75, 3.05) is 36.1 Å². The molecule has 3 aromatic heterocycles. The highest BCUT2D eigenvalue weighted by Gasteiger charge is 2.29. The number of nitrogen functional groups attached to an aromatic ring is 1. The second kappa shape index (κ2) is 8.05. The molecule has 10 heteroatoms. The van der Waals surface area contributed by atoms with Crippen LogP contribution in [0.1, 0.15) is 43.2 Å². The Balaban J connectivity index is 1.50. The zero-order chi connectivity index (χ0) is 23.1. The highest BCUT2D eigenvalue weighted by atomic mass is 32.3. The topological polar surface area (TPSA) is 112 Å². The molecule has 0 radical (unpaired) electrons. The van der Waals surface area contributed by atoms with Gasteiger partial charge in [-0.2, -0.15) is 0 Å². The summed E-state index contributed by atoms with van der Waals surface area (Å²) in [4.78, 5) is 30.5. The summed E-state index contributed by atoms with van der Waals surface area (Å²) in [5, 5.41) is 8.92. The van der Waals surface area contributed by atoms with Crippen molar-refractivity contribution in [2.45, 2.75) is 38.6 Å². The molecule has 1 aliphatic carbocycles. The molecule has 1 saturated carbocycles. The first-order valence-corrected chi connectivity index (χ1v) is 15.6. The highest BCUT2D eigenvalue weighted by Crippen LogP contribution is 2.54. The van der Waals surface area contributed by atoms with Gasteiger partial charge in [0.25, 0.3) is 0 Å². The molecular weight excluding hydrogens is 442 g/mol. The van der Waals surface area contributed by atoms with E-state index in [0.29, 0.717) is 27.9 Å². The number of amides is 1. The number of carbonyl (C=O) groups is 1. The fourth-order valence-electron chi connectivity index (χ4n) is 3.77. The van der Waals surface area contributed by atoms with Gasteiger partial charge in [-0.15, -0.1) is 11.3 Å². The summed E-state index contributed by atoms with van der Waals surface area (Å²) in [5.41, 5.74) is 8.41. The lowest BCUT2D eigenvalue weighted by Crippen LogP contribution is -2.28. The van der Waals surface area contributed by atoms with Crippen molar-refractivity contribution in [1.29, 1.82) is 0 Å². The van der Waals surface area contributed by atoms with E-state index in [1.807, 2.05) is 12.3 Å². The van der Waals surface area contributed by atoms with Crippen LogP contribution in [0, 0.1) is 24.0 Å². The Morgan fingerprint density at radius 2 is 1.91 bits per heavy atom. The number of nitrogens with one attached hydrogen (secondary N) is 1. The van der Waals surface area contributed by atoms with Crippen molar-refractivity contribution in [3.8, 4) is 11.2 Å². The monoisotopic (exact) mass is 473 g/mol. The first kappa shape index (κ1) is 22.6. The standard InChI is InChI=1S/C22H31N7OS2/c1-14-12-31-22(25-14)28-21(30)15-6-8-16(9-7-15)29-13-24-18-19(23)26-17(27-20(18)29)10-11-32(2,3,4)5/h12-13,15-16,32H,6-9H2,1-5H3,(H2,23,26,27)(H,25,28,30). The van der Waals surface area contributed by atoms with Gasteiger partial charge in [-0.25, -0.2) is 29.1 Å². The molecule has 1 amide bonds. The number of thiol groups is 1. The molecule has 172 valence electrons. The predicted octanol–water partition coefficient (Wildman–Crippen LogP) is 3.44. The summed E-state index contributed by atoms with van der Waals surface area (Å²) in [6, 6.07) is 0.218. The average Bonchev–Trinajstić information content (AvgIpc) is 3.32. The van der Waals surface area contributed by atoms with Crippen LogP contribution in [0.5, 0.6) is 0 Å². The lowest BCUT2D eigenvalue weighted by atomic mass is 9.85. The van der Waals surface area contributed by atoms with Gasteiger partial charge in [0.05, 0.1) is 12.0 Å². The van der Waals surface area contributed by atoms with Gasteiger partial charge in [0.15, 0.2) is 16.6 Å². The van der Waals surface area contributed by atoms with Crippen LogP contribution in [0.2, 0.25) is 0 Å². The second-order valence-corrected chi connectivity index (χ2v) is 18.6. The average molecular weight is 474 g/mol. The zero-order valence-electron chi connectivity index (χ0n) is 19.2. The van der Waals surface area contributed by atoms with Crippen molar-refractivity contribution in [3.63, 3.8) is 0 Å². The maximum atomic E-state index is 12.6. The molecule has 3 aromatic rings. The van der Waals surface area contributed by atoms with Crippen molar-refractivity contribution in [1.82, 2.24) is 24.5 Å². The molecule has 1 fully saturated rings. The number of nitrogens with two attached hydrogens (primary N) is 1. The Morgan fingerprint density at radius 3 is 2.53 bits per heavy atom. The van der Waals surface area contributed by atoms with Gasteiger partial charge in [0, 0.05) is 17.3 Å². The van der Waals surface area contributed by atoms with E-state index < -0.39 is 9.16 Å². The van der Waals surface area contributed by atoms with Crippen LogP contribution in [0.15, 0.2) is 11.7 Å². The quantitative estimate of drug-likeness (QED) is 0.397. The number of aromatic nitrogens is 5. The smallest absolute Gasteiger partial charge is 0.229 e. The summed E-state index contributed by atoms with van der Waals surface area (Å²) >= 11 is 1.46. The maximum absolute atomic E-state index is 12.6. The van der Waals surface area contributed by atoms with E-state index in [2.05, 4.69) is 66.0 Å². The number of imidazole rings is 1. The molecule has 0 aromatic carbocycles. The molecule has 1 aliphatic rings. The van der Waals surface area contributed by atoms with E-state index in [-0.39, 0.29) is 17.9 Å². The molecule has 0 aliphatic heterocycles. The Hall–Kier alpha value is -2.64. The summed E-state index contributed by atoms with van der Waals surface area (Å²) in [6.07, 6.45) is 13.9. The maximum Gasteiger partial charge on any atom is 0.229 e. The zero-order valence-corrected chi connectivity index (χ0v) is 20.9. The number of thiazole rings is 1. The first-order valence-electron chi connectivity index (χ1n) is 10.7. The number of nitrogens with zero attached hydrogens (tertiary/aromatic N) is 5. The molecule has 0 bridgehead atoms. The van der Waals surface area contributed by atoms with Gasteiger partial charge in [-0.3, -0.25) is 4.79 Å². The van der Waals surface area contributed by atoms with Crippen molar-refractivity contribution in [2.24, 2.45) is 5.92 Å². The van der Waals surface area contributed by atoms with Crippen molar-refractivity contribution in [3.05, 3.63) is 23.2 Å². The number of fused-ring (bicyclic) bond motifs is 1. The number of aryl methyl sites for hydroxylation is 1. The minimum Gasteiger partial charge on any atom is -0.382 e. The Bertz CT molecular complexity index is 1220. The van der Waals surface area contributed by atoms with E-state index in [1.165, 1.54) is 11.3 Å². The van der Waals surface area contributed by atoms with Gasteiger partial charge >= 0.3 is 0 Å². The predicted molar refractivity (Wildman–Crippen MR) is 136 cm³/mol. The molecule has 0 spiro atoms. The molecule has 0 unspecified atom stereocenters. The van der Waals surface area contributed by atoms with Gasteiger partial charge in [-0.1, -0.05) is 5.25 Å². The lowest BCUT2D eigenvalue weighted by Gasteiger charge is -2.40. The molecule has 8 nitrogen and oxygen atoms in total. The van der Waals surface area contributed by atoms with Crippen molar-refractivity contribution >= 4 is 48.5 Å². The third kappa shape index (κ3) is 5.22. The van der Waals surface area contributed by atoms with Gasteiger partial charge in [-0.05, 0) is 63.6 Å². The van der Waals surface area contributed by atoms with Gasteiger partial charge < -0.3 is 15.6 Å². The molecule has 0 saturated heterocycles. The number of hydrogen-bond donors (Lipinski definition) is 3. The number of hydrogen-bond acceptors (Lipinski definition) is 7. The molecule has 0 atom stereocenters. The number of rotatable bonds is 3. The molecular formula is C22H31N7OS2. The largest absolute Gasteiger partial charge is 0.382 e. The third-order valence-corrected chi connectivity index (χ3v) is 7.26. The van der Waals surface area contributed by atoms with Gasteiger partial charge in [0.2, 0.25) is 11.7 Å². The SMILES string of the molecule is Cc1csc(NC(=O)C2CCC(n3cnc4c(N)nc(C#C[SH](C)(C)(C)C)nc43)CC2)n1. The summed E-state index contributed by atoms with van der Waals surface area (Å²) in [6.45, 7) is 1.92. The van der Waals surface area contributed by atoms with E-state index in [9.17, 15) is 4.79 Å². The third-order valence-electron chi connectivity index (χ3n) is 5.37. The fourth-order valence-corrected chi connectivity index (χ4v) is 5.01. The highest BCUT2D eigenvalue weighted by molar-refractivity contribution is 8.51. The summed E-state index contributed by atoms with van der Waals surface area (Å²) < 4.78 is 2.08. The van der Waals surface area contributed by atoms with Crippen LogP contribution in [-0.2, 0) is 4.79 Å². The van der Waals surface area contributed by atoms with E-state index in [4.69, 9.17) is 5.73 Å². The van der Waals surface area contributed by atoms with Crippen LogP contribution in [0.4, 0.5) is 10.9 Å². The fraction of sp³-hybridized carbons (Fsp3) is 0.500. The van der Waals surface area contributed by atoms with Crippen LogP contribution >= 0.6 is 20.5 Å². The Morgan fingerprint density at radius 1 is 1.19 bits per heavy atom. The van der Waals surface area contributed by atoms with Crippen molar-refractivity contribution < 1.29 is 4.79 Å². The van der Waals surface area contributed by atoms with Gasteiger partial charge in [0.1, 0.15) is 5.52 Å². The second-order valence-electron chi connectivity index (χ2n) is 10.4. The Labute approximate surface area is 192 Å². The minimum absolute atomic E-state index is 0.0106. The van der Waals surface area contributed by atoms with E-state index in [0.717, 1.165) is 31.4 Å². The number of carbonyl (C=O) groups excluding carboxylic acids is 1. The summed E-state index contributed by atoms with van der Waals surface area (Å²) in [7, 11) is -2.01. The van der Waals surface area contributed by atoms with Crippen LogP contribution in [-0.4, -0.2) is 55.4 Å². The molecule has 4 rings (SSSR count). The first-order chi connectivity index (χ1) is 14.9. The number of anilines is 2. The lowest BCUT2D eigenvalue weighted by molar-refractivity contribution is -0.120. The van der Waals surface area contributed by atoms with Crippen LogP contribution < -0.4 is 11.1 Å². The Kier molecular flexibility index (Phi) is 5.67. The summed E-state index contributed by atoms with van der Waals surface area (Å²) in [5.74, 6) is 3.96. The van der Waals surface area contributed by atoms with E-state index >= 15 is 0 Å². The molecule has 3 N–H and O–H groups in total. The molecule has 3 heterocycles. The van der Waals surface area contributed by atoms with Crippen LogP contribution in [0.25, 0.3) is 11.2 Å².